The van der Waals surface area contributed by atoms with Crippen LogP contribution in [-0.2, 0) is 9.53 Å². The first-order chi connectivity index (χ1) is 11.0. The van der Waals surface area contributed by atoms with Gasteiger partial charge in [-0.3, -0.25) is 4.79 Å². The van der Waals surface area contributed by atoms with Gasteiger partial charge in [0.1, 0.15) is 6.07 Å². The smallest absolute Gasteiger partial charge is 0.338 e. The third kappa shape index (κ3) is 4.71. The normalized spacial score (nSPS) is 9.78. The topological polar surface area (TPSA) is 79.2 Å². The molecule has 0 saturated heterocycles. The molecule has 0 aromatic heterocycles. The summed E-state index contributed by atoms with van der Waals surface area (Å²) in [6, 6.07) is 12.6. The molecule has 0 unspecified atom stereocenters. The van der Waals surface area contributed by atoms with Gasteiger partial charge in [-0.15, -0.1) is 0 Å². The number of rotatable bonds is 4. The van der Waals surface area contributed by atoms with Gasteiger partial charge in [-0.25, -0.2) is 4.79 Å². The number of carbonyl (C=O) groups is 2. The van der Waals surface area contributed by atoms with E-state index < -0.39 is 18.5 Å². The maximum absolute atomic E-state index is 11.8. The van der Waals surface area contributed by atoms with Gasteiger partial charge in [0.05, 0.1) is 16.1 Å². The molecular formula is C16H10Cl2N2O3. The maximum Gasteiger partial charge on any atom is 0.338 e. The molecule has 0 aliphatic rings. The Morgan fingerprint density at radius 1 is 1.17 bits per heavy atom. The minimum atomic E-state index is -0.652. The third-order valence-electron chi connectivity index (χ3n) is 2.77. The SMILES string of the molecule is N#Cc1ccc(NC(=O)COC(=O)c2cccc(Cl)c2)cc1Cl. The van der Waals surface area contributed by atoms with Crippen LogP contribution in [0.15, 0.2) is 42.5 Å². The number of nitrogens with one attached hydrogen (secondary N) is 1. The van der Waals surface area contributed by atoms with Crippen molar-refractivity contribution in [3.63, 3.8) is 0 Å². The van der Waals surface area contributed by atoms with E-state index in [-0.39, 0.29) is 10.6 Å². The molecule has 2 rings (SSSR count). The van der Waals surface area contributed by atoms with Crippen molar-refractivity contribution in [2.75, 3.05) is 11.9 Å². The number of ether oxygens (including phenoxy) is 1. The van der Waals surface area contributed by atoms with Crippen LogP contribution in [0.5, 0.6) is 0 Å². The van der Waals surface area contributed by atoms with Crippen LogP contribution in [0, 0.1) is 11.3 Å². The van der Waals surface area contributed by atoms with E-state index in [1.165, 1.54) is 30.3 Å². The Bertz CT molecular complexity index is 800. The largest absolute Gasteiger partial charge is 0.452 e. The average molecular weight is 349 g/mol. The summed E-state index contributed by atoms with van der Waals surface area (Å²) < 4.78 is 4.90. The second kappa shape index (κ2) is 7.63. The first-order valence-corrected chi connectivity index (χ1v) is 7.17. The lowest BCUT2D eigenvalue weighted by atomic mass is 10.2. The van der Waals surface area contributed by atoms with Crippen LogP contribution in [-0.4, -0.2) is 18.5 Å². The fraction of sp³-hybridized carbons (Fsp3) is 0.0625. The maximum atomic E-state index is 11.8. The first kappa shape index (κ1) is 16.8. The lowest BCUT2D eigenvalue weighted by Gasteiger charge is -2.07. The first-order valence-electron chi connectivity index (χ1n) is 6.42. The molecule has 1 N–H and O–H groups in total. The lowest BCUT2D eigenvalue weighted by Crippen LogP contribution is -2.20. The summed E-state index contributed by atoms with van der Waals surface area (Å²) >= 11 is 11.6. The molecule has 0 aliphatic heterocycles. The number of carbonyl (C=O) groups excluding carboxylic acids is 2. The highest BCUT2D eigenvalue weighted by molar-refractivity contribution is 6.32. The van der Waals surface area contributed by atoms with E-state index in [0.717, 1.165) is 0 Å². The van der Waals surface area contributed by atoms with Crippen LogP contribution in [0.25, 0.3) is 0 Å². The molecule has 0 spiro atoms. The molecule has 0 heterocycles. The van der Waals surface area contributed by atoms with Crippen molar-refractivity contribution in [2.45, 2.75) is 0 Å². The summed E-state index contributed by atoms with van der Waals surface area (Å²) in [4.78, 5) is 23.5. The van der Waals surface area contributed by atoms with Crippen molar-refractivity contribution in [3.05, 3.63) is 63.6 Å². The minimum absolute atomic E-state index is 0.223. The Hall–Kier alpha value is -2.55. The molecule has 0 bridgehead atoms. The van der Waals surface area contributed by atoms with Crippen molar-refractivity contribution < 1.29 is 14.3 Å². The molecule has 0 fully saturated rings. The van der Waals surface area contributed by atoms with Crippen LogP contribution >= 0.6 is 23.2 Å². The number of amides is 1. The van der Waals surface area contributed by atoms with Gasteiger partial charge >= 0.3 is 5.97 Å². The molecule has 7 heteroatoms. The van der Waals surface area contributed by atoms with Gasteiger partial charge in [-0.05, 0) is 36.4 Å². The Morgan fingerprint density at radius 2 is 1.96 bits per heavy atom. The lowest BCUT2D eigenvalue weighted by molar-refractivity contribution is -0.119. The highest BCUT2D eigenvalue weighted by atomic mass is 35.5. The highest BCUT2D eigenvalue weighted by Gasteiger charge is 2.11. The number of nitrogens with zero attached hydrogens (tertiary/aromatic N) is 1. The monoisotopic (exact) mass is 348 g/mol. The predicted octanol–water partition coefficient (Wildman–Crippen LogP) is 3.66. The zero-order chi connectivity index (χ0) is 16.8. The van der Waals surface area contributed by atoms with Crippen LogP contribution in [0.2, 0.25) is 10.0 Å². The molecule has 1 amide bonds. The Labute approximate surface area is 142 Å². The summed E-state index contributed by atoms with van der Waals surface area (Å²) in [5, 5.41) is 11.9. The molecule has 116 valence electrons. The summed E-state index contributed by atoms with van der Waals surface area (Å²) in [5.41, 5.74) is 0.960. The molecule has 23 heavy (non-hydrogen) atoms. The number of anilines is 1. The number of halogens is 2. The number of hydrogen-bond donors (Lipinski definition) is 1. The second-order valence-electron chi connectivity index (χ2n) is 4.44. The van der Waals surface area contributed by atoms with E-state index in [1.807, 2.05) is 6.07 Å². The van der Waals surface area contributed by atoms with E-state index in [4.69, 9.17) is 33.2 Å². The molecule has 0 saturated carbocycles. The van der Waals surface area contributed by atoms with Gasteiger partial charge in [-0.2, -0.15) is 5.26 Å². The van der Waals surface area contributed by atoms with E-state index >= 15 is 0 Å². The number of esters is 1. The van der Waals surface area contributed by atoms with Crippen LogP contribution < -0.4 is 5.32 Å². The van der Waals surface area contributed by atoms with Crippen molar-refractivity contribution in [2.24, 2.45) is 0 Å². The fourth-order valence-electron chi connectivity index (χ4n) is 1.71. The molecule has 0 radical (unpaired) electrons. The average Bonchev–Trinajstić information content (AvgIpc) is 2.53. The van der Waals surface area contributed by atoms with Crippen LogP contribution in [0.4, 0.5) is 5.69 Å². The van der Waals surface area contributed by atoms with Crippen LogP contribution in [0.3, 0.4) is 0 Å². The van der Waals surface area contributed by atoms with Gasteiger partial charge in [0.25, 0.3) is 5.91 Å². The zero-order valence-corrected chi connectivity index (χ0v) is 13.2. The van der Waals surface area contributed by atoms with Gasteiger partial charge in [0, 0.05) is 10.7 Å². The van der Waals surface area contributed by atoms with Crippen molar-refractivity contribution in [1.82, 2.24) is 0 Å². The van der Waals surface area contributed by atoms with Crippen molar-refractivity contribution in [3.8, 4) is 6.07 Å². The summed E-state index contributed by atoms with van der Waals surface area (Å²) in [5.74, 6) is -1.18. The standard InChI is InChI=1S/C16H10Cl2N2O3/c17-12-3-1-2-10(6-12)16(22)23-9-15(21)20-13-5-4-11(8-19)14(18)7-13/h1-7H,9H2,(H,20,21). The van der Waals surface area contributed by atoms with E-state index in [2.05, 4.69) is 5.32 Å². The number of nitriles is 1. The zero-order valence-electron chi connectivity index (χ0n) is 11.7. The van der Waals surface area contributed by atoms with Gasteiger partial charge in [0.2, 0.25) is 0 Å². The van der Waals surface area contributed by atoms with Gasteiger partial charge < -0.3 is 10.1 Å². The van der Waals surface area contributed by atoms with E-state index in [9.17, 15) is 9.59 Å². The molecular weight excluding hydrogens is 339 g/mol. The van der Waals surface area contributed by atoms with E-state index in [0.29, 0.717) is 16.3 Å². The second-order valence-corrected chi connectivity index (χ2v) is 5.28. The Morgan fingerprint density at radius 3 is 2.61 bits per heavy atom. The molecule has 0 atom stereocenters. The van der Waals surface area contributed by atoms with Crippen molar-refractivity contribution >= 4 is 40.8 Å². The third-order valence-corrected chi connectivity index (χ3v) is 3.32. The highest BCUT2D eigenvalue weighted by Crippen LogP contribution is 2.20. The van der Waals surface area contributed by atoms with Crippen LogP contribution in [0.1, 0.15) is 15.9 Å². The van der Waals surface area contributed by atoms with Crippen molar-refractivity contribution in [1.29, 1.82) is 5.26 Å². The minimum Gasteiger partial charge on any atom is -0.452 e. The Balaban J connectivity index is 1.91. The number of hydrogen-bond acceptors (Lipinski definition) is 4. The molecule has 2 aromatic rings. The van der Waals surface area contributed by atoms with Gasteiger partial charge in [-0.1, -0.05) is 29.3 Å². The fourth-order valence-corrected chi connectivity index (χ4v) is 2.12. The molecule has 5 nitrogen and oxygen atoms in total. The number of benzene rings is 2. The van der Waals surface area contributed by atoms with E-state index in [1.54, 1.807) is 12.1 Å². The summed E-state index contributed by atoms with van der Waals surface area (Å²) in [6.45, 7) is -0.455. The molecule has 2 aromatic carbocycles. The quantitative estimate of drug-likeness (QED) is 0.855. The Kier molecular flexibility index (Phi) is 5.58. The molecule has 0 aliphatic carbocycles. The predicted molar refractivity (Wildman–Crippen MR) is 86.5 cm³/mol. The van der Waals surface area contributed by atoms with Gasteiger partial charge in [0.15, 0.2) is 6.61 Å². The summed E-state index contributed by atoms with van der Waals surface area (Å²) in [6.07, 6.45) is 0. The summed E-state index contributed by atoms with van der Waals surface area (Å²) in [7, 11) is 0.